The van der Waals surface area contributed by atoms with Crippen molar-refractivity contribution in [3.63, 3.8) is 0 Å². The summed E-state index contributed by atoms with van der Waals surface area (Å²) in [5.74, 6) is 0.821. The third-order valence-corrected chi connectivity index (χ3v) is 5.65. The van der Waals surface area contributed by atoms with Gasteiger partial charge in [0.2, 0.25) is 0 Å². The molecule has 1 nitrogen and oxygen atoms in total. The molecule has 0 amide bonds. The van der Waals surface area contributed by atoms with Gasteiger partial charge in [0, 0.05) is 22.4 Å². The summed E-state index contributed by atoms with van der Waals surface area (Å²) >= 11 is 2.08. The molecule has 88 valence electrons. The van der Waals surface area contributed by atoms with Gasteiger partial charge in [0.05, 0.1) is 0 Å². The summed E-state index contributed by atoms with van der Waals surface area (Å²) in [6.07, 6.45) is 5.49. The molecule has 0 bridgehead atoms. The third kappa shape index (κ3) is 1.46. The molecule has 1 aromatic carbocycles. The summed E-state index contributed by atoms with van der Waals surface area (Å²) in [5, 5.41) is 4.43. The molecular weight excluding hydrogens is 226 g/mol. The van der Waals surface area contributed by atoms with E-state index in [1.54, 1.807) is 11.3 Å². The summed E-state index contributed by atoms with van der Waals surface area (Å²) in [4.78, 5) is 1.49. The van der Waals surface area contributed by atoms with E-state index in [0.29, 0.717) is 0 Å². The fraction of sp³-hybridized carbons (Fsp3) is 0.467. The van der Waals surface area contributed by atoms with Crippen LogP contribution in [0, 0.1) is 5.92 Å². The van der Waals surface area contributed by atoms with E-state index in [1.165, 1.54) is 42.7 Å². The maximum atomic E-state index is 3.70. The fourth-order valence-corrected chi connectivity index (χ4v) is 4.91. The summed E-state index contributed by atoms with van der Waals surface area (Å²) in [5.41, 5.74) is 4.74. The Morgan fingerprint density at radius 2 is 2.06 bits per heavy atom. The molecule has 0 saturated carbocycles. The van der Waals surface area contributed by atoms with E-state index in [-0.39, 0.29) is 0 Å². The summed E-state index contributed by atoms with van der Waals surface area (Å²) in [6, 6.07) is 8.94. The first-order chi connectivity index (χ1) is 8.43. The van der Waals surface area contributed by atoms with Gasteiger partial charge in [-0.1, -0.05) is 18.2 Å². The first-order valence-electron chi connectivity index (χ1n) is 6.67. The highest BCUT2D eigenvalue weighted by molar-refractivity contribution is 8.00. The number of fused-ring (bicyclic) bond motifs is 4. The molecule has 0 aromatic heterocycles. The van der Waals surface area contributed by atoms with E-state index in [2.05, 4.69) is 41.3 Å². The third-order valence-electron chi connectivity index (χ3n) is 4.29. The maximum absolute atomic E-state index is 3.70. The first kappa shape index (κ1) is 10.1. The second-order valence-electron chi connectivity index (χ2n) is 5.27. The van der Waals surface area contributed by atoms with Crippen molar-refractivity contribution in [3.8, 4) is 0 Å². The Labute approximate surface area is 107 Å². The number of thioether (sulfide) groups is 1. The maximum Gasteiger partial charge on any atom is 0.0368 e. The molecule has 2 heteroatoms. The van der Waals surface area contributed by atoms with Gasteiger partial charge >= 0.3 is 0 Å². The van der Waals surface area contributed by atoms with Gasteiger partial charge in [-0.25, -0.2) is 0 Å². The number of hydrogen-bond donors (Lipinski definition) is 1. The highest BCUT2D eigenvalue weighted by Gasteiger charge is 2.37. The summed E-state index contributed by atoms with van der Waals surface area (Å²) in [7, 11) is 0. The van der Waals surface area contributed by atoms with Crippen LogP contribution in [0.1, 0.15) is 31.2 Å². The van der Waals surface area contributed by atoms with E-state index in [4.69, 9.17) is 0 Å². The van der Waals surface area contributed by atoms with Crippen molar-refractivity contribution in [3.05, 3.63) is 35.5 Å². The van der Waals surface area contributed by atoms with Crippen LogP contribution in [0.15, 0.2) is 34.9 Å². The quantitative estimate of drug-likeness (QED) is 0.746. The van der Waals surface area contributed by atoms with Crippen LogP contribution in [0.5, 0.6) is 0 Å². The largest absolute Gasteiger partial charge is 0.388 e. The van der Waals surface area contributed by atoms with Crippen molar-refractivity contribution in [2.24, 2.45) is 5.92 Å². The van der Waals surface area contributed by atoms with Gasteiger partial charge in [0.25, 0.3) is 0 Å². The number of rotatable bonds is 0. The van der Waals surface area contributed by atoms with Gasteiger partial charge in [0.1, 0.15) is 0 Å². The van der Waals surface area contributed by atoms with E-state index in [1.807, 2.05) is 0 Å². The number of benzene rings is 1. The molecule has 0 radical (unpaired) electrons. The van der Waals surface area contributed by atoms with E-state index in [0.717, 1.165) is 11.2 Å². The minimum atomic E-state index is 0.726. The van der Waals surface area contributed by atoms with Crippen LogP contribution in [0.3, 0.4) is 0 Å². The Hall–Kier alpha value is -0.890. The molecular formula is C15H17NS. The minimum Gasteiger partial charge on any atom is -0.388 e. The molecule has 2 atom stereocenters. The molecule has 17 heavy (non-hydrogen) atoms. The van der Waals surface area contributed by atoms with Crippen molar-refractivity contribution < 1.29 is 0 Å². The Morgan fingerprint density at radius 3 is 3.06 bits per heavy atom. The lowest BCUT2D eigenvalue weighted by Crippen LogP contribution is -2.33. The van der Waals surface area contributed by atoms with Crippen molar-refractivity contribution in [2.45, 2.75) is 35.8 Å². The molecule has 0 spiro atoms. The Balaban J connectivity index is 1.88. The Kier molecular flexibility index (Phi) is 2.26. The number of allylic oxidation sites excluding steroid dienone is 1. The van der Waals surface area contributed by atoms with Crippen LogP contribution in [0.25, 0.3) is 5.57 Å². The SMILES string of the molecule is c1ccc2c(c1)SC1CCC3CCCNC3=C21. The second-order valence-corrected chi connectivity index (χ2v) is 6.52. The number of nitrogens with one attached hydrogen (secondary N) is 1. The summed E-state index contributed by atoms with van der Waals surface area (Å²) in [6.45, 7) is 1.18. The predicted molar refractivity (Wildman–Crippen MR) is 73.0 cm³/mol. The molecule has 1 aromatic rings. The minimum absolute atomic E-state index is 0.726. The first-order valence-corrected chi connectivity index (χ1v) is 7.55. The lowest BCUT2D eigenvalue weighted by molar-refractivity contribution is 0.401. The smallest absolute Gasteiger partial charge is 0.0368 e. The van der Waals surface area contributed by atoms with Gasteiger partial charge in [-0.2, -0.15) is 0 Å². The monoisotopic (exact) mass is 243 g/mol. The summed E-state index contributed by atoms with van der Waals surface area (Å²) < 4.78 is 0. The molecule has 1 saturated heterocycles. The number of piperidine rings is 1. The average molecular weight is 243 g/mol. The van der Waals surface area contributed by atoms with Crippen LogP contribution in [-0.4, -0.2) is 11.8 Å². The van der Waals surface area contributed by atoms with Crippen LogP contribution in [-0.2, 0) is 0 Å². The van der Waals surface area contributed by atoms with Crippen molar-refractivity contribution >= 4 is 17.3 Å². The molecule has 4 rings (SSSR count). The highest BCUT2D eigenvalue weighted by Crippen LogP contribution is 2.52. The van der Waals surface area contributed by atoms with Gasteiger partial charge in [-0.15, -0.1) is 11.8 Å². The lowest BCUT2D eigenvalue weighted by atomic mass is 9.80. The van der Waals surface area contributed by atoms with Gasteiger partial charge in [-0.3, -0.25) is 0 Å². The zero-order valence-electron chi connectivity index (χ0n) is 9.91. The van der Waals surface area contributed by atoms with E-state index in [9.17, 15) is 0 Å². The van der Waals surface area contributed by atoms with Crippen molar-refractivity contribution in [1.82, 2.24) is 5.32 Å². The Morgan fingerprint density at radius 1 is 1.12 bits per heavy atom. The molecule has 3 aliphatic rings. The van der Waals surface area contributed by atoms with Crippen LogP contribution in [0.2, 0.25) is 0 Å². The van der Waals surface area contributed by atoms with Gasteiger partial charge in [-0.05, 0) is 48.8 Å². The predicted octanol–water partition coefficient (Wildman–Crippen LogP) is 3.67. The molecule has 2 heterocycles. The molecule has 2 aliphatic heterocycles. The Bertz CT molecular complexity index is 491. The van der Waals surface area contributed by atoms with Crippen molar-refractivity contribution in [2.75, 3.05) is 6.54 Å². The zero-order chi connectivity index (χ0) is 11.2. The fourth-order valence-electron chi connectivity index (χ4n) is 3.52. The number of hydrogen-bond acceptors (Lipinski definition) is 2. The van der Waals surface area contributed by atoms with Crippen molar-refractivity contribution in [1.29, 1.82) is 0 Å². The van der Waals surface area contributed by atoms with Crippen LogP contribution in [0.4, 0.5) is 0 Å². The van der Waals surface area contributed by atoms with Crippen LogP contribution < -0.4 is 5.32 Å². The van der Waals surface area contributed by atoms with Gasteiger partial charge in [0.15, 0.2) is 0 Å². The highest BCUT2D eigenvalue weighted by atomic mass is 32.2. The molecule has 1 fully saturated rings. The molecule has 1 aliphatic carbocycles. The van der Waals surface area contributed by atoms with Gasteiger partial charge < -0.3 is 5.32 Å². The standard InChI is InChI=1S/C15H17NS/c1-2-6-12-11(5-1)14-13(17-12)8-7-10-4-3-9-16-15(10)14/h1-2,5-6,10,13,16H,3-4,7-9H2. The van der Waals surface area contributed by atoms with E-state index >= 15 is 0 Å². The average Bonchev–Trinajstić information content (AvgIpc) is 2.77. The normalized spacial score (nSPS) is 30.4. The van der Waals surface area contributed by atoms with Crippen LogP contribution >= 0.6 is 11.8 Å². The molecule has 2 unspecified atom stereocenters. The second kappa shape index (κ2) is 3.81. The molecule has 1 N–H and O–H groups in total. The zero-order valence-corrected chi connectivity index (χ0v) is 10.7. The van der Waals surface area contributed by atoms with E-state index < -0.39 is 0 Å². The topological polar surface area (TPSA) is 12.0 Å². The lowest BCUT2D eigenvalue weighted by Gasteiger charge is -2.35.